The summed E-state index contributed by atoms with van der Waals surface area (Å²) in [6.07, 6.45) is -1.11. The molecular weight excluding hydrogens is 461 g/mol. The summed E-state index contributed by atoms with van der Waals surface area (Å²) in [6.45, 7) is 1.83. The van der Waals surface area contributed by atoms with Gasteiger partial charge in [-0.2, -0.15) is 0 Å². The lowest BCUT2D eigenvalue weighted by Crippen LogP contribution is -2.52. The number of rotatable bonds is 4. The zero-order chi connectivity index (χ0) is 22.3. The van der Waals surface area contributed by atoms with Crippen molar-refractivity contribution < 1.29 is 18.3 Å². The lowest BCUT2D eigenvalue weighted by Gasteiger charge is -2.37. The Bertz CT molecular complexity index is 1280. The molecule has 1 heterocycles. The first kappa shape index (κ1) is 21.5. The van der Waals surface area contributed by atoms with Gasteiger partial charge in [0.1, 0.15) is 11.9 Å². The van der Waals surface area contributed by atoms with Crippen molar-refractivity contribution in [3.8, 4) is 5.75 Å². The molecule has 1 atom stereocenters. The van der Waals surface area contributed by atoms with Crippen LogP contribution in [0.5, 0.6) is 5.75 Å². The number of aryl methyl sites for hydroxylation is 1. The number of phenols is 1. The van der Waals surface area contributed by atoms with E-state index in [1.807, 2.05) is 6.92 Å². The molecular formula is C21H17Cl2N3O4S. The molecule has 0 spiro atoms. The van der Waals surface area contributed by atoms with E-state index in [1.54, 1.807) is 36.4 Å². The van der Waals surface area contributed by atoms with Gasteiger partial charge in [0, 0.05) is 16.3 Å². The summed E-state index contributed by atoms with van der Waals surface area (Å²) >= 11 is 12.2. The number of sulfonamides is 1. The number of anilines is 1. The zero-order valence-electron chi connectivity index (χ0n) is 16.1. The molecule has 0 bridgehead atoms. The number of nitrogens with one attached hydrogen (secondary N) is 2. The minimum atomic E-state index is -4.12. The number of hydrogen-bond donors (Lipinski definition) is 3. The number of amides is 1. The Labute approximate surface area is 189 Å². The Morgan fingerprint density at radius 1 is 1.06 bits per heavy atom. The average molecular weight is 478 g/mol. The summed E-state index contributed by atoms with van der Waals surface area (Å²) in [7, 11) is -4.12. The van der Waals surface area contributed by atoms with Crippen LogP contribution >= 0.6 is 23.2 Å². The Morgan fingerprint density at radius 2 is 1.74 bits per heavy atom. The molecule has 0 saturated carbocycles. The maximum atomic E-state index is 13.3. The lowest BCUT2D eigenvalue weighted by atomic mass is 10.0. The highest BCUT2D eigenvalue weighted by Crippen LogP contribution is 2.40. The quantitative estimate of drug-likeness (QED) is 0.514. The monoisotopic (exact) mass is 477 g/mol. The Hall–Kier alpha value is -2.78. The van der Waals surface area contributed by atoms with Gasteiger partial charge in [-0.1, -0.05) is 53.0 Å². The minimum absolute atomic E-state index is 0.0168. The van der Waals surface area contributed by atoms with E-state index in [2.05, 4.69) is 10.1 Å². The molecule has 1 aliphatic rings. The van der Waals surface area contributed by atoms with Gasteiger partial charge in [0.25, 0.3) is 15.9 Å². The predicted octanol–water partition coefficient (Wildman–Crippen LogP) is 4.47. The van der Waals surface area contributed by atoms with Gasteiger partial charge in [-0.3, -0.25) is 4.79 Å². The normalized spacial score (nSPS) is 16.0. The number of para-hydroxylation sites is 1. The first-order valence-corrected chi connectivity index (χ1v) is 11.4. The van der Waals surface area contributed by atoms with E-state index in [1.165, 1.54) is 24.3 Å². The van der Waals surface area contributed by atoms with Crippen LogP contribution in [0.1, 0.15) is 27.7 Å². The first-order valence-electron chi connectivity index (χ1n) is 9.13. The lowest BCUT2D eigenvalue weighted by molar-refractivity contribution is 0.0630. The third-order valence-electron chi connectivity index (χ3n) is 4.83. The van der Waals surface area contributed by atoms with Gasteiger partial charge in [0.2, 0.25) is 0 Å². The van der Waals surface area contributed by atoms with Gasteiger partial charge < -0.3 is 10.4 Å². The molecule has 3 aromatic carbocycles. The third-order valence-corrected chi connectivity index (χ3v) is 6.66. The van der Waals surface area contributed by atoms with Gasteiger partial charge in [-0.05, 0) is 43.3 Å². The summed E-state index contributed by atoms with van der Waals surface area (Å²) in [5, 5.41) is 14.7. The Balaban J connectivity index is 1.82. The number of carbonyl (C=O) groups is 1. The van der Waals surface area contributed by atoms with Crippen LogP contribution in [0, 0.1) is 6.92 Å². The van der Waals surface area contributed by atoms with Crippen molar-refractivity contribution in [2.75, 3.05) is 5.32 Å². The molecule has 0 aliphatic carbocycles. The van der Waals surface area contributed by atoms with Crippen LogP contribution in [0.15, 0.2) is 65.6 Å². The number of hydrogen-bond acceptors (Lipinski definition) is 5. The Morgan fingerprint density at radius 3 is 2.45 bits per heavy atom. The fourth-order valence-electron chi connectivity index (χ4n) is 3.26. The van der Waals surface area contributed by atoms with E-state index >= 15 is 0 Å². The molecule has 4 rings (SSSR count). The maximum Gasteiger partial charge on any atom is 0.273 e. The molecule has 0 saturated heterocycles. The summed E-state index contributed by atoms with van der Waals surface area (Å²) in [6, 6.07) is 15.6. The molecule has 0 aromatic heterocycles. The molecule has 10 heteroatoms. The van der Waals surface area contributed by atoms with E-state index in [4.69, 9.17) is 23.2 Å². The van der Waals surface area contributed by atoms with Crippen molar-refractivity contribution in [2.45, 2.75) is 18.0 Å². The predicted molar refractivity (Wildman–Crippen MR) is 119 cm³/mol. The second kappa shape index (κ2) is 8.05. The van der Waals surface area contributed by atoms with Crippen LogP contribution in [-0.4, -0.2) is 24.4 Å². The van der Waals surface area contributed by atoms with Crippen LogP contribution in [0.2, 0.25) is 10.0 Å². The largest absolute Gasteiger partial charge is 0.506 e. The molecule has 0 radical (unpaired) electrons. The standard InChI is InChI=1S/C21H17Cl2N3O4S/c1-12-6-8-14(9-7-12)31(29,30)25-26-20(16-10-13(22)11-17(23)19(16)27)24-18-5-3-2-4-15(18)21(26)28/h2-11,20,24-25,27H,1H3. The average Bonchev–Trinajstić information content (AvgIpc) is 2.73. The van der Waals surface area contributed by atoms with Crippen molar-refractivity contribution in [1.29, 1.82) is 0 Å². The van der Waals surface area contributed by atoms with E-state index in [0.29, 0.717) is 5.69 Å². The highest BCUT2D eigenvalue weighted by molar-refractivity contribution is 7.89. The van der Waals surface area contributed by atoms with Gasteiger partial charge in [0.05, 0.1) is 15.5 Å². The highest BCUT2D eigenvalue weighted by Gasteiger charge is 2.37. The smallest absolute Gasteiger partial charge is 0.273 e. The SMILES string of the molecule is Cc1ccc(S(=O)(=O)NN2C(=O)c3ccccc3NC2c2cc(Cl)cc(Cl)c2O)cc1. The summed E-state index contributed by atoms with van der Waals surface area (Å²) < 4.78 is 26.0. The van der Waals surface area contributed by atoms with Gasteiger partial charge in [0.15, 0.2) is 0 Å². The molecule has 1 aliphatic heterocycles. The molecule has 3 aromatic rings. The molecule has 160 valence electrons. The van der Waals surface area contributed by atoms with Crippen molar-refractivity contribution in [1.82, 2.24) is 9.84 Å². The van der Waals surface area contributed by atoms with Crippen LogP contribution in [0.25, 0.3) is 0 Å². The minimum Gasteiger partial charge on any atom is -0.506 e. The zero-order valence-corrected chi connectivity index (χ0v) is 18.5. The number of aromatic hydroxyl groups is 1. The molecule has 7 nitrogen and oxygen atoms in total. The second-order valence-electron chi connectivity index (χ2n) is 7.00. The topological polar surface area (TPSA) is 98.7 Å². The van der Waals surface area contributed by atoms with E-state index < -0.39 is 22.1 Å². The number of phenolic OH excluding ortho intramolecular Hbond substituents is 1. The molecule has 1 unspecified atom stereocenters. The third kappa shape index (κ3) is 4.07. The number of hydrazine groups is 1. The van der Waals surface area contributed by atoms with E-state index in [-0.39, 0.29) is 31.8 Å². The Kier molecular flexibility index (Phi) is 5.57. The van der Waals surface area contributed by atoms with Crippen LogP contribution < -0.4 is 10.1 Å². The molecule has 0 fully saturated rings. The van der Waals surface area contributed by atoms with E-state index in [0.717, 1.165) is 10.6 Å². The summed E-state index contributed by atoms with van der Waals surface area (Å²) in [4.78, 5) is 15.6. The second-order valence-corrected chi connectivity index (χ2v) is 9.51. The number of benzene rings is 3. The number of fused-ring (bicyclic) bond motifs is 1. The molecule has 1 amide bonds. The fraction of sp³-hybridized carbons (Fsp3) is 0.0952. The first-order chi connectivity index (χ1) is 14.7. The van der Waals surface area contributed by atoms with Gasteiger partial charge in [-0.25, -0.2) is 13.4 Å². The van der Waals surface area contributed by atoms with Crippen molar-refractivity contribution >= 4 is 44.8 Å². The van der Waals surface area contributed by atoms with Crippen molar-refractivity contribution in [2.24, 2.45) is 0 Å². The van der Waals surface area contributed by atoms with Gasteiger partial charge in [-0.15, -0.1) is 4.83 Å². The summed E-state index contributed by atoms with van der Waals surface area (Å²) in [5.74, 6) is -0.930. The van der Waals surface area contributed by atoms with Crippen molar-refractivity contribution in [3.63, 3.8) is 0 Å². The van der Waals surface area contributed by atoms with Crippen molar-refractivity contribution in [3.05, 3.63) is 87.4 Å². The number of halogens is 2. The van der Waals surface area contributed by atoms with Crippen LogP contribution in [-0.2, 0) is 10.0 Å². The molecule has 31 heavy (non-hydrogen) atoms. The highest BCUT2D eigenvalue weighted by atomic mass is 35.5. The number of nitrogens with zero attached hydrogens (tertiary/aromatic N) is 1. The molecule has 3 N–H and O–H groups in total. The van der Waals surface area contributed by atoms with Crippen LogP contribution in [0.4, 0.5) is 5.69 Å². The summed E-state index contributed by atoms with van der Waals surface area (Å²) in [5.41, 5.74) is 1.75. The van der Waals surface area contributed by atoms with E-state index in [9.17, 15) is 18.3 Å². The maximum absolute atomic E-state index is 13.3. The van der Waals surface area contributed by atoms with Gasteiger partial charge >= 0.3 is 0 Å². The van der Waals surface area contributed by atoms with Crippen LogP contribution in [0.3, 0.4) is 0 Å². The number of carbonyl (C=O) groups excluding carboxylic acids is 1. The fourth-order valence-corrected chi connectivity index (χ4v) is 4.82.